The van der Waals surface area contributed by atoms with Gasteiger partial charge < -0.3 is 0 Å². The topological polar surface area (TPSA) is 43.1 Å². The van der Waals surface area contributed by atoms with E-state index < -0.39 is 0 Å². The van der Waals surface area contributed by atoms with E-state index in [1.54, 1.807) is 6.07 Å². The van der Waals surface area contributed by atoms with E-state index >= 15 is 0 Å². The van der Waals surface area contributed by atoms with Gasteiger partial charge in [0.05, 0.1) is 4.92 Å². The highest BCUT2D eigenvalue weighted by Crippen LogP contribution is 2.35. The fourth-order valence-corrected chi connectivity index (χ4v) is 2.69. The standard InChI is InChI=1S/C8H7Br2NO2S/c1-5(4-9)2-6-3-7(10)8(14-6)11(12)13/h2-3H,4H2,1H3/b5-2+. The molecule has 0 aliphatic heterocycles. The Morgan fingerprint density at radius 3 is 2.86 bits per heavy atom. The lowest BCUT2D eigenvalue weighted by Crippen LogP contribution is -1.82. The van der Waals surface area contributed by atoms with Crippen LogP contribution in [0.2, 0.25) is 0 Å². The lowest BCUT2D eigenvalue weighted by atomic mass is 10.3. The van der Waals surface area contributed by atoms with Gasteiger partial charge in [-0.25, -0.2) is 0 Å². The lowest BCUT2D eigenvalue weighted by molar-refractivity contribution is -0.380. The van der Waals surface area contributed by atoms with Crippen LogP contribution < -0.4 is 0 Å². The van der Waals surface area contributed by atoms with Crippen molar-refractivity contribution < 1.29 is 4.92 Å². The molecule has 0 aliphatic carbocycles. The summed E-state index contributed by atoms with van der Waals surface area (Å²) in [6, 6.07) is 1.76. The van der Waals surface area contributed by atoms with Crippen LogP contribution >= 0.6 is 43.2 Å². The van der Waals surface area contributed by atoms with Crippen LogP contribution in [0.1, 0.15) is 11.8 Å². The minimum Gasteiger partial charge on any atom is -0.258 e. The molecule has 0 N–H and O–H groups in total. The number of hydrogen-bond acceptors (Lipinski definition) is 3. The Balaban J connectivity index is 3.03. The smallest absolute Gasteiger partial charge is 0.258 e. The van der Waals surface area contributed by atoms with Crippen molar-refractivity contribution in [3.63, 3.8) is 0 Å². The van der Waals surface area contributed by atoms with Gasteiger partial charge in [-0.15, -0.1) is 0 Å². The molecule has 3 nitrogen and oxygen atoms in total. The van der Waals surface area contributed by atoms with Gasteiger partial charge in [0.2, 0.25) is 0 Å². The highest BCUT2D eigenvalue weighted by molar-refractivity contribution is 9.10. The average molecular weight is 341 g/mol. The Morgan fingerprint density at radius 2 is 2.43 bits per heavy atom. The third-order valence-corrected chi connectivity index (χ3v) is 4.24. The first-order chi connectivity index (χ1) is 6.54. The summed E-state index contributed by atoms with van der Waals surface area (Å²) in [6.45, 7) is 1.97. The number of nitrogens with zero attached hydrogens (tertiary/aromatic N) is 1. The molecule has 0 fully saturated rings. The first-order valence-corrected chi connectivity index (χ1v) is 6.44. The van der Waals surface area contributed by atoms with E-state index in [2.05, 4.69) is 31.9 Å². The maximum Gasteiger partial charge on any atom is 0.338 e. The number of thiophene rings is 1. The number of halogens is 2. The molecule has 6 heteroatoms. The van der Waals surface area contributed by atoms with Crippen molar-refractivity contribution in [3.8, 4) is 0 Å². The van der Waals surface area contributed by atoms with Crippen LogP contribution in [0.4, 0.5) is 5.00 Å². The molecule has 0 bridgehead atoms. The third-order valence-electron chi connectivity index (χ3n) is 1.45. The minimum absolute atomic E-state index is 0.152. The highest BCUT2D eigenvalue weighted by Gasteiger charge is 2.15. The quantitative estimate of drug-likeness (QED) is 0.469. The van der Waals surface area contributed by atoms with Crippen molar-refractivity contribution in [3.05, 3.63) is 31.1 Å². The molecule has 14 heavy (non-hydrogen) atoms. The molecule has 1 rings (SSSR count). The molecule has 1 aromatic heterocycles. The van der Waals surface area contributed by atoms with E-state index in [4.69, 9.17) is 0 Å². The van der Waals surface area contributed by atoms with Crippen LogP contribution in [0.5, 0.6) is 0 Å². The highest BCUT2D eigenvalue weighted by atomic mass is 79.9. The van der Waals surface area contributed by atoms with Crippen molar-refractivity contribution in [1.82, 2.24) is 0 Å². The maximum atomic E-state index is 10.5. The van der Waals surface area contributed by atoms with Gasteiger partial charge in [0.25, 0.3) is 0 Å². The number of alkyl halides is 1. The summed E-state index contributed by atoms with van der Waals surface area (Å²) in [5.41, 5.74) is 1.13. The van der Waals surface area contributed by atoms with Crippen LogP contribution in [0, 0.1) is 10.1 Å². The second-order valence-electron chi connectivity index (χ2n) is 2.68. The molecular weight excluding hydrogens is 334 g/mol. The zero-order chi connectivity index (χ0) is 10.7. The maximum absolute atomic E-state index is 10.5. The van der Waals surface area contributed by atoms with Crippen molar-refractivity contribution in [2.75, 3.05) is 5.33 Å². The van der Waals surface area contributed by atoms with E-state index in [0.29, 0.717) is 4.47 Å². The van der Waals surface area contributed by atoms with Crippen molar-refractivity contribution in [2.45, 2.75) is 6.92 Å². The SMILES string of the molecule is C/C(=C\c1cc(Br)c([N+](=O)[O-])s1)CBr. The van der Waals surface area contributed by atoms with E-state index in [1.165, 1.54) is 11.3 Å². The number of allylic oxidation sites excluding steroid dienone is 1. The monoisotopic (exact) mass is 339 g/mol. The van der Waals surface area contributed by atoms with Crippen LogP contribution in [-0.2, 0) is 0 Å². The fourth-order valence-electron chi connectivity index (χ4n) is 0.854. The van der Waals surface area contributed by atoms with Crippen LogP contribution in [0.3, 0.4) is 0 Å². The molecule has 0 saturated heterocycles. The van der Waals surface area contributed by atoms with Gasteiger partial charge in [0.1, 0.15) is 4.47 Å². The minimum atomic E-state index is -0.379. The number of nitro groups is 1. The molecule has 76 valence electrons. The summed E-state index contributed by atoms with van der Waals surface area (Å²) in [7, 11) is 0. The van der Waals surface area contributed by atoms with Crippen molar-refractivity contribution in [1.29, 1.82) is 0 Å². The molecule has 0 spiro atoms. The average Bonchev–Trinajstić information content (AvgIpc) is 2.46. The third kappa shape index (κ3) is 2.90. The van der Waals surface area contributed by atoms with Gasteiger partial charge in [-0.1, -0.05) is 32.8 Å². The summed E-state index contributed by atoms with van der Waals surface area (Å²) in [4.78, 5) is 11.1. The van der Waals surface area contributed by atoms with Crippen molar-refractivity contribution in [2.24, 2.45) is 0 Å². The van der Waals surface area contributed by atoms with E-state index in [0.717, 1.165) is 15.8 Å². The zero-order valence-corrected chi connectivity index (χ0v) is 11.3. The molecule has 0 saturated carbocycles. The van der Waals surface area contributed by atoms with Crippen LogP contribution in [-0.4, -0.2) is 10.3 Å². The zero-order valence-electron chi connectivity index (χ0n) is 7.29. The van der Waals surface area contributed by atoms with Gasteiger partial charge in [0, 0.05) is 10.2 Å². The molecule has 0 aliphatic rings. The summed E-state index contributed by atoms with van der Waals surface area (Å²) in [5, 5.41) is 11.5. The molecule has 1 aromatic rings. The second kappa shape index (κ2) is 5.04. The summed E-state index contributed by atoms with van der Waals surface area (Å²) in [6.07, 6.45) is 1.93. The second-order valence-corrected chi connectivity index (χ2v) is 5.16. The first kappa shape index (κ1) is 11.9. The molecule has 0 amide bonds. The predicted octanol–water partition coefficient (Wildman–Crippen LogP) is 4.22. The van der Waals surface area contributed by atoms with Crippen LogP contribution in [0.25, 0.3) is 6.08 Å². The largest absolute Gasteiger partial charge is 0.338 e. The van der Waals surface area contributed by atoms with E-state index in [-0.39, 0.29) is 9.92 Å². The summed E-state index contributed by atoms with van der Waals surface area (Å²) >= 11 is 7.64. The Kier molecular flexibility index (Phi) is 4.28. The van der Waals surface area contributed by atoms with Gasteiger partial charge in [-0.05, 0) is 35.0 Å². The Labute approximate surface area is 102 Å². The lowest BCUT2D eigenvalue weighted by Gasteiger charge is -1.89. The Morgan fingerprint density at radius 1 is 1.79 bits per heavy atom. The molecule has 0 unspecified atom stereocenters. The predicted molar refractivity (Wildman–Crippen MR) is 66.1 cm³/mol. The molecule has 0 aromatic carbocycles. The fraction of sp³-hybridized carbons (Fsp3) is 0.250. The molecule has 0 radical (unpaired) electrons. The molecule has 1 heterocycles. The van der Waals surface area contributed by atoms with E-state index in [9.17, 15) is 10.1 Å². The van der Waals surface area contributed by atoms with Gasteiger partial charge in [0.15, 0.2) is 0 Å². The summed E-state index contributed by atoms with van der Waals surface area (Å²) < 4.78 is 0.543. The molecule has 0 atom stereocenters. The Bertz CT molecular complexity index is 387. The Hall–Kier alpha value is -0.200. The van der Waals surface area contributed by atoms with Gasteiger partial charge >= 0.3 is 5.00 Å². The van der Waals surface area contributed by atoms with Gasteiger partial charge in [-0.3, -0.25) is 10.1 Å². The number of hydrogen-bond donors (Lipinski definition) is 0. The van der Waals surface area contributed by atoms with Crippen LogP contribution in [0.15, 0.2) is 16.1 Å². The first-order valence-electron chi connectivity index (χ1n) is 3.71. The molecular formula is C8H7Br2NO2S. The van der Waals surface area contributed by atoms with E-state index in [1.807, 2.05) is 13.0 Å². The normalized spacial score (nSPS) is 11.8. The van der Waals surface area contributed by atoms with Gasteiger partial charge in [-0.2, -0.15) is 0 Å². The summed E-state index contributed by atoms with van der Waals surface area (Å²) in [5.74, 6) is 0. The van der Waals surface area contributed by atoms with Crippen molar-refractivity contribution >= 4 is 54.3 Å². The number of rotatable bonds is 3.